The second-order valence-corrected chi connectivity index (χ2v) is 6.80. The number of carbonyl (C=O) groups is 1. The maximum absolute atomic E-state index is 12.1. The number of fused-ring (bicyclic) bond motifs is 1. The number of hydrogen-bond donors (Lipinski definition) is 0. The number of rotatable bonds is 1. The highest BCUT2D eigenvalue weighted by atomic mass is 16.6. The van der Waals surface area contributed by atoms with E-state index in [4.69, 9.17) is 4.74 Å². The summed E-state index contributed by atoms with van der Waals surface area (Å²) in [6, 6.07) is 0. The Morgan fingerprint density at radius 2 is 1.87 bits per heavy atom. The Labute approximate surface area is 135 Å². The third-order valence-electron chi connectivity index (χ3n) is 3.83. The van der Waals surface area contributed by atoms with Crippen LogP contribution in [0.15, 0.2) is 18.6 Å². The molecule has 2 aromatic rings. The number of aryl methyl sites for hydroxylation is 1. The minimum absolute atomic E-state index is 0.250. The Hall–Kier alpha value is -2.31. The lowest BCUT2D eigenvalue weighted by atomic mass is 10.2. The summed E-state index contributed by atoms with van der Waals surface area (Å²) in [5.41, 5.74) is 1.44. The van der Waals surface area contributed by atoms with E-state index in [-0.39, 0.29) is 6.09 Å². The first-order valence-electron chi connectivity index (χ1n) is 7.87. The predicted octanol–water partition coefficient (Wildman–Crippen LogP) is 2.09. The molecule has 1 fully saturated rings. The van der Waals surface area contributed by atoms with Crippen LogP contribution in [0.4, 0.5) is 10.6 Å². The fourth-order valence-electron chi connectivity index (χ4n) is 2.68. The first-order chi connectivity index (χ1) is 10.8. The number of imidazole rings is 1. The second kappa shape index (κ2) is 5.72. The Kier molecular flexibility index (Phi) is 3.87. The monoisotopic (exact) mass is 317 g/mol. The summed E-state index contributed by atoms with van der Waals surface area (Å²) >= 11 is 0. The average Bonchev–Trinajstić information content (AvgIpc) is 2.96. The van der Waals surface area contributed by atoms with Crippen molar-refractivity contribution >= 4 is 17.6 Å². The second-order valence-electron chi connectivity index (χ2n) is 6.80. The van der Waals surface area contributed by atoms with Gasteiger partial charge in [-0.1, -0.05) is 0 Å². The van der Waals surface area contributed by atoms with Gasteiger partial charge in [-0.3, -0.25) is 4.40 Å². The highest BCUT2D eigenvalue weighted by molar-refractivity contribution is 5.69. The van der Waals surface area contributed by atoms with Gasteiger partial charge < -0.3 is 14.5 Å². The maximum Gasteiger partial charge on any atom is 0.410 e. The van der Waals surface area contributed by atoms with E-state index in [1.54, 1.807) is 11.1 Å². The molecule has 0 radical (unpaired) electrons. The smallest absolute Gasteiger partial charge is 0.410 e. The molecule has 1 saturated heterocycles. The summed E-state index contributed by atoms with van der Waals surface area (Å²) in [5, 5.41) is 0. The summed E-state index contributed by atoms with van der Waals surface area (Å²) in [7, 11) is 0. The van der Waals surface area contributed by atoms with Crippen molar-refractivity contribution in [3.05, 3.63) is 24.3 Å². The number of anilines is 1. The van der Waals surface area contributed by atoms with Crippen LogP contribution in [0.2, 0.25) is 0 Å². The third-order valence-corrected chi connectivity index (χ3v) is 3.83. The van der Waals surface area contributed by atoms with Crippen LogP contribution >= 0.6 is 0 Å². The fraction of sp³-hybridized carbons (Fsp3) is 0.562. The number of nitrogens with zero attached hydrogens (tertiary/aromatic N) is 5. The lowest BCUT2D eigenvalue weighted by Gasteiger charge is -2.36. The van der Waals surface area contributed by atoms with Crippen molar-refractivity contribution in [2.75, 3.05) is 31.1 Å². The van der Waals surface area contributed by atoms with Gasteiger partial charge in [0.25, 0.3) is 0 Å². The van der Waals surface area contributed by atoms with Gasteiger partial charge in [0.2, 0.25) is 0 Å². The van der Waals surface area contributed by atoms with Gasteiger partial charge in [0.1, 0.15) is 5.60 Å². The molecule has 1 aliphatic heterocycles. The number of amides is 1. The molecular formula is C16H23N5O2. The van der Waals surface area contributed by atoms with Gasteiger partial charge in [-0.2, -0.15) is 0 Å². The van der Waals surface area contributed by atoms with E-state index >= 15 is 0 Å². The van der Waals surface area contributed by atoms with E-state index < -0.39 is 5.60 Å². The first-order valence-corrected chi connectivity index (χ1v) is 7.87. The quantitative estimate of drug-likeness (QED) is 0.806. The van der Waals surface area contributed by atoms with E-state index in [1.165, 1.54) is 0 Å². The van der Waals surface area contributed by atoms with Gasteiger partial charge in [0.15, 0.2) is 11.5 Å². The van der Waals surface area contributed by atoms with Crippen LogP contribution in [0, 0.1) is 6.92 Å². The fourth-order valence-corrected chi connectivity index (χ4v) is 2.68. The van der Waals surface area contributed by atoms with Crippen LogP contribution < -0.4 is 4.90 Å². The van der Waals surface area contributed by atoms with Crippen LogP contribution in [0.1, 0.15) is 26.5 Å². The summed E-state index contributed by atoms with van der Waals surface area (Å²) in [5.74, 6) is 0.865. The molecule has 7 heteroatoms. The van der Waals surface area contributed by atoms with E-state index in [1.807, 2.05) is 44.5 Å². The molecule has 2 aromatic heterocycles. The van der Waals surface area contributed by atoms with Crippen LogP contribution in [-0.4, -0.2) is 57.1 Å². The minimum atomic E-state index is -0.464. The van der Waals surface area contributed by atoms with Crippen LogP contribution in [0.25, 0.3) is 5.65 Å². The third kappa shape index (κ3) is 3.23. The van der Waals surface area contributed by atoms with Crippen molar-refractivity contribution in [1.29, 1.82) is 0 Å². The first kappa shape index (κ1) is 15.6. The zero-order valence-corrected chi connectivity index (χ0v) is 14.1. The van der Waals surface area contributed by atoms with Crippen molar-refractivity contribution in [1.82, 2.24) is 19.3 Å². The number of ether oxygens (including phenoxy) is 1. The molecule has 1 aliphatic rings. The molecule has 3 heterocycles. The van der Waals surface area contributed by atoms with E-state index in [9.17, 15) is 4.79 Å². The maximum atomic E-state index is 12.1. The van der Waals surface area contributed by atoms with Crippen molar-refractivity contribution in [2.45, 2.75) is 33.3 Å². The topological polar surface area (TPSA) is 63.0 Å². The molecule has 1 amide bonds. The molecule has 23 heavy (non-hydrogen) atoms. The number of hydrogen-bond acceptors (Lipinski definition) is 5. The van der Waals surface area contributed by atoms with Gasteiger partial charge in [-0.15, -0.1) is 0 Å². The standard InChI is InChI=1S/C16H23N5O2/c1-12-11-18-13(14-17-5-6-21(12)14)19-7-9-20(10-8-19)15(22)23-16(2,3)4/h5-6,11H,7-10H2,1-4H3. The molecule has 3 rings (SSSR count). The Morgan fingerprint density at radius 1 is 1.17 bits per heavy atom. The van der Waals surface area contributed by atoms with E-state index in [0.717, 1.165) is 30.2 Å². The molecule has 7 nitrogen and oxygen atoms in total. The number of aromatic nitrogens is 3. The summed E-state index contributed by atoms with van der Waals surface area (Å²) in [4.78, 5) is 25.0. The molecule has 0 aromatic carbocycles. The predicted molar refractivity (Wildman–Crippen MR) is 87.7 cm³/mol. The van der Waals surface area contributed by atoms with Crippen LogP contribution in [0.5, 0.6) is 0 Å². The largest absolute Gasteiger partial charge is 0.444 e. The van der Waals surface area contributed by atoms with Crippen molar-refractivity contribution < 1.29 is 9.53 Å². The Balaban J connectivity index is 1.70. The van der Waals surface area contributed by atoms with Crippen LogP contribution in [0.3, 0.4) is 0 Å². The SMILES string of the molecule is Cc1cnc(N2CCN(C(=O)OC(C)(C)C)CC2)c2nccn12. The van der Waals surface area contributed by atoms with Crippen molar-refractivity contribution in [3.63, 3.8) is 0 Å². The molecule has 0 spiro atoms. The molecule has 0 unspecified atom stereocenters. The van der Waals surface area contributed by atoms with Crippen molar-refractivity contribution in [2.24, 2.45) is 0 Å². The van der Waals surface area contributed by atoms with Gasteiger partial charge in [-0.05, 0) is 27.7 Å². The lowest BCUT2D eigenvalue weighted by molar-refractivity contribution is 0.0240. The Morgan fingerprint density at radius 3 is 2.52 bits per heavy atom. The number of carbonyl (C=O) groups excluding carboxylic acids is 1. The average molecular weight is 317 g/mol. The van der Waals surface area contributed by atoms with Gasteiger partial charge in [-0.25, -0.2) is 14.8 Å². The zero-order valence-electron chi connectivity index (χ0n) is 14.1. The van der Waals surface area contributed by atoms with Gasteiger partial charge in [0, 0.05) is 50.5 Å². The molecule has 124 valence electrons. The summed E-state index contributed by atoms with van der Waals surface area (Å²) < 4.78 is 7.46. The molecular weight excluding hydrogens is 294 g/mol. The lowest BCUT2D eigenvalue weighted by Crippen LogP contribution is -2.50. The van der Waals surface area contributed by atoms with Crippen LogP contribution in [-0.2, 0) is 4.74 Å². The normalized spacial score (nSPS) is 16.0. The van der Waals surface area contributed by atoms with E-state index in [2.05, 4.69) is 14.9 Å². The van der Waals surface area contributed by atoms with E-state index in [0.29, 0.717) is 13.1 Å². The highest BCUT2D eigenvalue weighted by Gasteiger charge is 2.27. The van der Waals surface area contributed by atoms with Gasteiger partial charge >= 0.3 is 6.09 Å². The molecule has 0 saturated carbocycles. The van der Waals surface area contributed by atoms with Crippen molar-refractivity contribution in [3.8, 4) is 0 Å². The summed E-state index contributed by atoms with van der Waals surface area (Å²) in [6.45, 7) is 10.3. The molecule has 0 aliphatic carbocycles. The zero-order chi connectivity index (χ0) is 16.6. The Bertz CT molecular complexity index is 711. The molecule has 0 bridgehead atoms. The molecule has 0 N–H and O–H groups in total. The highest BCUT2D eigenvalue weighted by Crippen LogP contribution is 2.21. The number of piperazine rings is 1. The minimum Gasteiger partial charge on any atom is -0.444 e. The summed E-state index contributed by atoms with van der Waals surface area (Å²) in [6.07, 6.45) is 5.32. The van der Waals surface area contributed by atoms with Gasteiger partial charge in [0.05, 0.1) is 0 Å². The molecule has 0 atom stereocenters.